The van der Waals surface area contributed by atoms with Crippen LogP contribution in [0.15, 0.2) is 29.6 Å². The molecule has 0 saturated heterocycles. The molecule has 1 heterocycles. The summed E-state index contributed by atoms with van der Waals surface area (Å²) in [5.41, 5.74) is 4.58. The number of oxime groups is 1. The minimum absolute atomic E-state index is 0.294. The van der Waals surface area contributed by atoms with E-state index >= 15 is 0 Å². The van der Waals surface area contributed by atoms with Crippen LogP contribution in [0.5, 0.6) is 0 Å². The Labute approximate surface area is 108 Å². The highest BCUT2D eigenvalue weighted by atomic mass is 16.4. The largest absolute Gasteiger partial charge is 0.411 e. The second-order valence-corrected chi connectivity index (χ2v) is 5.11. The molecule has 0 unspecified atom stereocenters. The number of H-pyrrole nitrogens is 1. The molecule has 3 heteroatoms. The number of aromatic amines is 1. The molecule has 0 bridgehead atoms. The average molecular weight is 244 g/mol. The van der Waals surface area contributed by atoms with Gasteiger partial charge in [-0.15, -0.1) is 0 Å². The van der Waals surface area contributed by atoms with Gasteiger partial charge in [0.25, 0.3) is 0 Å². The summed E-state index contributed by atoms with van der Waals surface area (Å²) in [7, 11) is 0. The van der Waals surface area contributed by atoms with Gasteiger partial charge in [-0.2, -0.15) is 0 Å². The maximum Gasteiger partial charge on any atom is 0.0599 e. The normalized spacial score (nSPS) is 12.6. The Morgan fingerprint density at radius 1 is 1.39 bits per heavy atom. The molecule has 0 amide bonds. The molecule has 0 radical (unpaired) electrons. The smallest absolute Gasteiger partial charge is 0.0599 e. The molecule has 3 nitrogen and oxygen atoms in total. The van der Waals surface area contributed by atoms with Gasteiger partial charge in [0.2, 0.25) is 0 Å². The van der Waals surface area contributed by atoms with E-state index in [1.54, 1.807) is 0 Å². The van der Waals surface area contributed by atoms with Crippen LogP contribution in [-0.4, -0.2) is 15.9 Å². The zero-order chi connectivity index (χ0) is 13.1. The Morgan fingerprint density at radius 3 is 2.83 bits per heavy atom. The van der Waals surface area contributed by atoms with Crippen LogP contribution < -0.4 is 0 Å². The molecule has 2 rings (SSSR count). The lowest BCUT2D eigenvalue weighted by atomic mass is 9.99. The SMILES string of the molecule is Cc1ccc2c(CCC(=NO)C(C)C)c[nH]c2c1. The zero-order valence-electron chi connectivity index (χ0n) is 11.2. The quantitative estimate of drug-likeness (QED) is 0.478. The Morgan fingerprint density at radius 2 is 2.17 bits per heavy atom. The Balaban J connectivity index is 2.18. The molecule has 1 aromatic carbocycles. The van der Waals surface area contributed by atoms with Crippen molar-refractivity contribution in [3.8, 4) is 0 Å². The number of nitrogens with zero attached hydrogens (tertiary/aromatic N) is 1. The van der Waals surface area contributed by atoms with Crippen molar-refractivity contribution in [2.75, 3.05) is 0 Å². The highest BCUT2D eigenvalue weighted by Crippen LogP contribution is 2.21. The first kappa shape index (κ1) is 12.7. The molecule has 96 valence electrons. The minimum atomic E-state index is 0.294. The van der Waals surface area contributed by atoms with Crippen LogP contribution in [0, 0.1) is 12.8 Å². The number of benzene rings is 1. The van der Waals surface area contributed by atoms with Gasteiger partial charge in [-0.1, -0.05) is 31.1 Å². The van der Waals surface area contributed by atoms with E-state index in [1.807, 2.05) is 13.8 Å². The van der Waals surface area contributed by atoms with Gasteiger partial charge < -0.3 is 10.2 Å². The van der Waals surface area contributed by atoms with E-state index in [1.165, 1.54) is 22.0 Å². The summed E-state index contributed by atoms with van der Waals surface area (Å²) in [6.07, 6.45) is 3.76. The van der Waals surface area contributed by atoms with Gasteiger partial charge in [0.1, 0.15) is 0 Å². The monoisotopic (exact) mass is 244 g/mol. The van der Waals surface area contributed by atoms with E-state index in [9.17, 15) is 0 Å². The van der Waals surface area contributed by atoms with Gasteiger partial charge in [-0.05, 0) is 42.9 Å². The number of nitrogens with one attached hydrogen (secondary N) is 1. The van der Waals surface area contributed by atoms with Crippen molar-refractivity contribution in [1.29, 1.82) is 0 Å². The summed E-state index contributed by atoms with van der Waals surface area (Å²) in [6, 6.07) is 6.44. The predicted molar refractivity (Wildman–Crippen MR) is 75.4 cm³/mol. The first-order chi connectivity index (χ1) is 8.61. The molecule has 0 aliphatic heterocycles. The summed E-state index contributed by atoms with van der Waals surface area (Å²) >= 11 is 0. The molecule has 0 aliphatic rings. The van der Waals surface area contributed by atoms with E-state index in [4.69, 9.17) is 5.21 Å². The third-order valence-electron chi connectivity index (χ3n) is 3.37. The van der Waals surface area contributed by atoms with Crippen LogP contribution in [0.25, 0.3) is 10.9 Å². The summed E-state index contributed by atoms with van der Waals surface area (Å²) < 4.78 is 0. The van der Waals surface area contributed by atoms with E-state index < -0.39 is 0 Å². The zero-order valence-corrected chi connectivity index (χ0v) is 11.2. The van der Waals surface area contributed by atoms with Crippen molar-refractivity contribution in [3.63, 3.8) is 0 Å². The van der Waals surface area contributed by atoms with Crippen molar-refractivity contribution in [3.05, 3.63) is 35.5 Å². The number of aryl methyl sites for hydroxylation is 2. The van der Waals surface area contributed by atoms with Crippen molar-refractivity contribution < 1.29 is 5.21 Å². The van der Waals surface area contributed by atoms with Crippen LogP contribution in [0.1, 0.15) is 31.4 Å². The lowest BCUT2D eigenvalue weighted by Crippen LogP contribution is -2.08. The van der Waals surface area contributed by atoms with Crippen LogP contribution in [0.3, 0.4) is 0 Å². The number of hydrogen-bond acceptors (Lipinski definition) is 2. The van der Waals surface area contributed by atoms with Gasteiger partial charge in [0, 0.05) is 17.1 Å². The van der Waals surface area contributed by atoms with Crippen molar-refractivity contribution in [2.24, 2.45) is 11.1 Å². The third kappa shape index (κ3) is 2.55. The van der Waals surface area contributed by atoms with Gasteiger partial charge in [-0.25, -0.2) is 0 Å². The van der Waals surface area contributed by atoms with Crippen molar-refractivity contribution in [2.45, 2.75) is 33.6 Å². The van der Waals surface area contributed by atoms with E-state index in [0.717, 1.165) is 18.6 Å². The topological polar surface area (TPSA) is 48.4 Å². The standard InChI is InChI=1S/C15H20N2O/c1-10(2)14(17-18)7-5-12-9-16-15-8-11(3)4-6-13(12)15/h4,6,8-10,16,18H,5,7H2,1-3H3. The molecular weight excluding hydrogens is 224 g/mol. The fourth-order valence-electron chi connectivity index (χ4n) is 2.22. The Hall–Kier alpha value is -1.77. The molecule has 2 aromatic rings. The molecule has 0 spiro atoms. The maximum absolute atomic E-state index is 8.95. The Bertz CT molecular complexity index is 567. The molecule has 0 saturated carbocycles. The van der Waals surface area contributed by atoms with E-state index in [2.05, 4.69) is 41.5 Å². The van der Waals surface area contributed by atoms with Gasteiger partial charge in [-0.3, -0.25) is 0 Å². The average Bonchev–Trinajstić information content (AvgIpc) is 2.72. The number of fused-ring (bicyclic) bond motifs is 1. The van der Waals surface area contributed by atoms with Crippen LogP contribution in [0.4, 0.5) is 0 Å². The van der Waals surface area contributed by atoms with E-state index in [-0.39, 0.29) is 0 Å². The number of rotatable bonds is 4. The summed E-state index contributed by atoms with van der Waals surface area (Å²) in [5.74, 6) is 0.294. The highest BCUT2D eigenvalue weighted by Gasteiger charge is 2.09. The van der Waals surface area contributed by atoms with Gasteiger partial charge in [0.05, 0.1) is 5.71 Å². The fourth-order valence-corrected chi connectivity index (χ4v) is 2.22. The molecule has 0 atom stereocenters. The molecule has 18 heavy (non-hydrogen) atoms. The Kier molecular flexibility index (Phi) is 3.70. The molecule has 0 aliphatic carbocycles. The molecule has 0 fully saturated rings. The van der Waals surface area contributed by atoms with Crippen molar-refractivity contribution >= 4 is 16.6 Å². The first-order valence-electron chi connectivity index (χ1n) is 6.39. The minimum Gasteiger partial charge on any atom is -0.411 e. The highest BCUT2D eigenvalue weighted by molar-refractivity contribution is 5.87. The maximum atomic E-state index is 8.95. The summed E-state index contributed by atoms with van der Waals surface area (Å²) in [4.78, 5) is 3.30. The lowest BCUT2D eigenvalue weighted by Gasteiger charge is -2.07. The number of hydrogen-bond donors (Lipinski definition) is 2. The molecule has 1 aromatic heterocycles. The molecule has 2 N–H and O–H groups in total. The second-order valence-electron chi connectivity index (χ2n) is 5.11. The first-order valence-corrected chi connectivity index (χ1v) is 6.39. The predicted octanol–water partition coefficient (Wildman–Crippen LogP) is 3.90. The van der Waals surface area contributed by atoms with Gasteiger partial charge >= 0.3 is 0 Å². The van der Waals surface area contributed by atoms with Crippen LogP contribution in [0.2, 0.25) is 0 Å². The van der Waals surface area contributed by atoms with E-state index in [0.29, 0.717) is 5.92 Å². The number of aromatic nitrogens is 1. The van der Waals surface area contributed by atoms with Crippen LogP contribution >= 0.6 is 0 Å². The van der Waals surface area contributed by atoms with Crippen molar-refractivity contribution in [1.82, 2.24) is 4.98 Å². The second kappa shape index (κ2) is 5.25. The molecular formula is C15H20N2O. The van der Waals surface area contributed by atoms with Crippen LogP contribution in [-0.2, 0) is 6.42 Å². The third-order valence-corrected chi connectivity index (χ3v) is 3.37. The fraction of sp³-hybridized carbons (Fsp3) is 0.400. The van der Waals surface area contributed by atoms with Gasteiger partial charge in [0.15, 0.2) is 0 Å². The summed E-state index contributed by atoms with van der Waals surface area (Å²) in [5, 5.41) is 13.6. The lowest BCUT2D eigenvalue weighted by molar-refractivity contribution is 0.314. The summed E-state index contributed by atoms with van der Waals surface area (Å²) in [6.45, 7) is 6.19.